The molecule has 1 aromatic carbocycles. The largest absolute Gasteiger partial charge is 0.328 e. The van der Waals surface area contributed by atoms with Crippen LogP contribution in [0, 0.1) is 6.92 Å². The average molecular weight is 319 g/mol. The lowest BCUT2D eigenvalue weighted by molar-refractivity contribution is -0.117. The minimum atomic E-state index is -0.129. The number of amides is 1. The molecule has 1 saturated heterocycles. The number of benzene rings is 1. The lowest BCUT2D eigenvalue weighted by Crippen LogP contribution is -2.23. The van der Waals surface area contributed by atoms with E-state index < -0.39 is 0 Å². The predicted molar refractivity (Wildman–Crippen MR) is 94.1 cm³/mol. The van der Waals surface area contributed by atoms with Gasteiger partial charge < -0.3 is 9.88 Å². The van der Waals surface area contributed by atoms with Crippen LogP contribution in [-0.2, 0) is 4.79 Å². The topological polar surface area (TPSA) is 66.1 Å². The van der Waals surface area contributed by atoms with Gasteiger partial charge in [-0.05, 0) is 49.2 Å². The van der Waals surface area contributed by atoms with E-state index in [-0.39, 0.29) is 11.5 Å². The van der Waals surface area contributed by atoms with E-state index in [0.29, 0.717) is 6.42 Å². The molecule has 0 radical (unpaired) electrons. The third-order valence-electron chi connectivity index (χ3n) is 4.46. The van der Waals surface area contributed by atoms with Crippen molar-refractivity contribution in [2.45, 2.75) is 19.8 Å². The van der Waals surface area contributed by atoms with Crippen LogP contribution in [0.15, 0.2) is 47.4 Å². The zero-order valence-corrected chi connectivity index (χ0v) is 13.4. The molecular formula is C19H17N3O2. The van der Waals surface area contributed by atoms with Gasteiger partial charge in [-0.1, -0.05) is 0 Å². The first kappa shape index (κ1) is 14.6. The summed E-state index contributed by atoms with van der Waals surface area (Å²) in [6.45, 7) is 2.82. The molecule has 1 N–H and O–H groups in total. The molecule has 0 saturated carbocycles. The molecule has 0 unspecified atom stereocenters. The van der Waals surface area contributed by atoms with E-state index in [9.17, 15) is 9.59 Å². The number of carbonyl (C=O) groups excluding carboxylic acids is 1. The number of H-pyrrole nitrogens is 1. The number of hydrogen-bond acceptors (Lipinski definition) is 3. The second-order valence-electron chi connectivity index (χ2n) is 6.12. The monoisotopic (exact) mass is 319 g/mol. The van der Waals surface area contributed by atoms with Crippen LogP contribution >= 0.6 is 0 Å². The molecular weight excluding hydrogens is 302 g/mol. The van der Waals surface area contributed by atoms with Gasteiger partial charge in [0.05, 0.1) is 11.2 Å². The maximum absolute atomic E-state index is 11.9. The number of aromatic nitrogens is 2. The Labute approximate surface area is 139 Å². The summed E-state index contributed by atoms with van der Waals surface area (Å²) < 4.78 is 0. The highest BCUT2D eigenvalue weighted by atomic mass is 16.2. The van der Waals surface area contributed by atoms with Crippen LogP contribution in [0.2, 0.25) is 0 Å². The Kier molecular flexibility index (Phi) is 3.41. The quantitative estimate of drug-likeness (QED) is 0.789. The molecule has 5 heteroatoms. The van der Waals surface area contributed by atoms with Crippen molar-refractivity contribution < 1.29 is 4.79 Å². The number of fused-ring (bicyclic) bond motifs is 1. The summed E-state index contributed by atoms with van der Waals surface area (Å²) in [7, 11) is 0. The van der Waals surface area contributed by atoms with Gasteiger partial charge in [-0.2, -0.15) is 0 Å². The molecule has 4 rings (SSSR count). The van der Waals surface area contributed by atoms with E-state index in [2.05, 4.69) is 4.98 Å². The smallest absolute Gasteiger partial charge is 0.247 e. The average Bonchev–Trinajstić information content (AvgIpc) is 3.01. The molecule has 1 aliphatic rings. The minimum absolute atomic E-state index is 0.129. The number of nitrogens with zero attached hydrogens (tertiary/aromatic N) is 2. The van der Waals surface area contributed by atoms with Crippen molar-refractivity contribution in [2.75, 3.05) is 11.4 Å². The van der Waals surface area contributed by atoms with E-state index in [0.717, 1.165) is 46.4 Å². The summed E-state index contributed by atoms with van der Waals surface area (Å²) in [5.74, 6) is 0.185. The Hall–Kier alpha value is -2.95. The van der Waals surface area contributed by atoms with Gasteiger partial charge in [-0.25, -0.2) is 4.98 Å². The van der Waals surface area contributed by atoms with Crippen molar-refractivity contribution in [1.82, 2.24) is 9.97 Å². The van der Waals surface area contributed by atoms with Gasteiger partial charge in [0.1, 0.15) is 0 Å². The highest BCUT2D eigenvalue weighted by Gasteiger charge is 2.22. The van der Waals surface area contributed by atoms with Crippen molar-refractivity contribution in [3.63, 3.8) is 0 Å². The standard InChI is InChI=1S/C19H17N3O2/c1-12-9-17(13-4-7-18(23)20-11-13)21-16-6-5-14(10-15(12)16)22-8-2-3-19(22)24/h4-7,9-11H,2-3,8H2,1H3,(H,20,23). The van der Waals surface area contributed by atoms with Crippen molar-refractivity contribution in [3.8, 4) is 11.3 Å². The van der Waals surface area contributed by atoms with Crippen LogP contribution in [0.5, 0.6) is 0 Å². The number of aryl methyl sites for hydroxylation is 1. The van der Waals surface area contributed by atoms with Gasteiger partial charge in [0.2, 0.25) is 11.5 Å². The van der Waals surface area contributed by atoms with E-state index in [1.165, 1.54) is 6.07 Å². The number of carbonyl (C=O) groups is 1. The van der Waals surface area contributed by atoms with Crippen LogP contribution in [0.25, 0.3) is 22.2 Å². The second-order valence-corrected chi connectivity index (χ2v) is 6.12. The molecule has 1 aliphatic heterocycles. The maximum atomic E-state index is 11.9. The van der Waals surface area contributed by atoms with E-state index in [1.807, 2.05) is 36.1 Å². The zero-order chi connectivity index (χ0) is 16.7. The van der Waals surface area contributed by atoms with Gasteiger partial charge in [0.25, 0.3) is 0 Å². The summed E-state index contributed by atoms with van der Waals surface area (Å²) in [5, 5.41) is 1.04. The molecule has 3 aromatic rings. The van der Waals surface area contributed by atoms with Crippen molar-refractivity contribution >= 4 is 22.5 Å². The number of rotatable bonds is 2. The summed E-state index contributed by atoms with van der Waals surface area (Å²) in [6.07, 6.45) is 3.22. The van der Waals surface area contributed by atoms with E-state index in [4.69, 9.17) is 4.98 Å². The Bertz CT molecular complexity index is 987. The van der Waals surface area contributed by atoms with Crippen molar-refractivity contribution in [3.05, 3.63) is 58.5 Å². The third-order valence-corrected chi connectivity index (χ3v) is 4.46. The fourth-order valence-corrected chi connectivity index (χ4v) is 3.19. The van der Waals surface area contributed by atoms with E-state index >= 15 is 0 Å². The fraction of sp³-hybridized carbons (Fsp3) is 0.211. The molecule has 2 aromatic heterocycles. The highest BCUT2D eigenvalue weighted by Crippen LogP contribution is 2.29. The molecule has 0 aliphatic carbocycles. The molecule has 0 bridgehead atoms. The first-order chi connectivity index (χ1) is 11.6. The van der Waals surface area contributed by atoms with Crippen LogP contribution in [0.4, 0.5) is 5.69 Å². The van der Waals surface area contributed by atoms with Gasteiger partial charge in [0.15, 0.2) is 0 Å². The Morgan fingerprint density at radius 3 is 2.71 bits per heavy atom. The summed E-state index contributed by atoms with van der Waals surface area (Å²) in [5.41, 5.74) is 4.48. The Morgan fingerprint density at radius 1 is 1.12 bits per heavy atom. The summed E-state index contributed by atoms with van der Waals surface area (Å²) in [6, 6.07) is 11.2. The first-order valence-electron chi connectivity index (χ1n) is 8.03. The van der Waals surface area contributed by atoms with E-state index in [1.54, 1.807) is 12.3 Å². The Morgan fingerprint density at radius 2 is 2.00 bits per heavy atom. The fourth-order valence-electron chi connectivity index (χ4n) is 3.19. The second kappa shape index (κ2) is 5.60. The third kappa shape index (κ3) is 2.48. The molecule has 5 nitrogen and oxygen atoms in total. The minimum Gasteiger partial charge on any atom is -0.328 e. The number of anilines is 1. The molecule has 24 heavy (non-hydrogen) atoms. The normalized spacial score (nSPS) is 14.5. The van der Waals surface area contributed by atoms with Gasteiger partial charge in [-0.15, -0.1) is 0 Å². The molecule has 1 amide bonds. The molecule has 0 atom stereocenters. The lowest BCUT2D eigenvalue weighted by atomic mass is 10.1. The Balaban J connectivity index is 1.80. The number of hydrogen-bond donors (Lipinski definition) is 1. The number of pyridine rings is 2. The van der Waals surface area contributed by atoms with Crippen LogP contribution < -0.4 is 10.5 Å². The van der Waals surface area contributed by atoms with Gasteiger partial charge in [0, 0.05) is 41.9 Å². The number of nitrogens with one attached hydrogen (secondary N) is 1. The highest BCUT2D eigenvalue weighted by molar-refractivity contribution is 5.98. The molecule has 120 valence electrons. The summed E-state index contributed by atoms with van der Waals surface area (Å²) in [4.78, 5) is 32.4. The molecule has 1 fully saturated rings. The van der Waals surface area contributed by atoms with Crippen LogP contribution in [0.3, 0.4) is 0 Å². The zero-order valence-electron chi connectivity index (χ0n) is 13.4. The summed E-state index contributed by atoms with van der Waals surface area (Å²) >= 11 is 0. The molecule has 0 spiro atoms. The SMILES string of the molecule is Cc1cc(-c2ccc(=O)[nH]c2)nc2ccc(N3CCCC3=O)cc12. The predicted octanol–water partition coefficient (Wildman–Crippen LogP) is 3.03. The van der Waals surface area contributed by atoms with Crippen molar-refractivity contribution in [1.29, 1.82) is 0 Å². The first-order valence-corrected chi connectivity index (χ1v) is 8.03. The molecule has 3 heterocycles. The van der Waals surface area contributed by atoms with Crippen LogP contribution in [0.1, 0.15) is 18.4 Å². The van der Waals surface area contributed by atoms with Gasteiger partial charge in [-0.3, -0.25) is 9.59 Å². The van der Waals surface area contributed by atoms with Gasteiger partial charge >= 0.3 is 0 Å². The number of aromatic amines is 1. The lowest BCUT2D eigenvalue weighted by Gasteiger charge is -2.17. The van der Waals surface area contributed by atoms with Crippen LogP contribution in [-0.4, -0.2) is 22.4 Å². The van der Waals surface area contributed by atoms with Crippen molar-refractivity contribution in [2.24, 2.45) is 0 Å². The maximum Gasteiger partial charge on any atom is 0.247 e.